The molecule has 0 saturated carbocycles. The predicted molar refractivity (Wildman–Crippen MR) is 102 cm³/mol. The van der Waals surface area contributed by atoms with Gasteiger partial charge in [-0.25, -0.2) is 4.79 Å². The summed E-state index contributed by atoms with van der Waals surface area (Å²) in [6.45, 7) is 2.45. The largest absolute Gasteiger partial charge is 0.481 e. The SMILES string of the molecule is CC(NC(=O)C(CCC(=O)O)NC(=O)C(N)C(C)O)C(=O)NC(CCC(=O)O)C(=O)O. The summed E-state index contributed by atoms with van der Waals surface area (Å²) >= 11 is 0. The topological polar surface area (TPSA) is 245 Å². The van der Waals surface area contributed by atoms with Crippen LogP contribution >= 0.6 is 0 Å². The van der Waals surface area contributed by atoms with Gasteiger partial charge in [0.2, 0.25) is 17.7 Å². The van der Waals surface area contributed by atoms with Crippen LogP contribution in [0.15, 0.2) is 0 Å². The average Bonchev–Trinajstić information content (AvgIpc) is 2.66. The zero-order valence-electron chi connectivity index (χ0n) is 17.0. The van der Waals surface area contributed by atoms with E-state index in [-0.39, 0.29) is 12.8 Å². The molecule has 0 rings (SSSR count). The Morgan fingerprint density at radius 2 is 1.19 bits per heavy atom. The van der Waals surface area contributed by atoms with Gasteiger partial charge in [0.1, 0.15) is 24.2 Å². The smallest absolute Gasteiger partial charge is 0.326 e. The van der Waals surface area contributed by atoms with Gasteiger partial charge in [-0.3, -0.25) is 24.0 Å². The lowest BCUT2D eigenvalue weighted by Gasteiger charge is -2.23. The number of carboxylic acid groups (broad SMARTS) is 3. The van der Waals surface area contributed by atoms with Crippen molar-refractivity contribution in [3.05, 3.63) is 0 Å². The second-order valence-electron chi connectivity index (χ2n) is 6.82. The van der Waals surface area contributed by atoms with Crippen LogP contribution in [0.4, 0.5) is 0 Å². The van der Waals surface area contributed by atoms with Crippen LogP contribution in [0.25, 0.3) is 0 Å². The fourth-order valence-corrected chi connectivity index (χ4v) is 2.23. The monoisotopic (exact) mass is 448 g/mol. The summed E-state index contributed by atoms with van der Waals surface area (Å²) in [5.74, 6) is -6.76. The van der Waals surface area contributed by atoms with Crippen LogP contribution in [0.3, 0.4) is 0 Å². The van der Waals surface area contributed by atoms with E-state index in [1.807, 2.05) is 0 Å². The lowest BCUT2D eigenvalue weighted by atomic mass is 10.1. The van der Waals surface area contributed by atoms with Crippen LogP contribution in [0.5, 0.6) is 0 Å². The van der Waals surface area contributed by atoms with Crippen molar-refractivity contribution < 1.29 is 49.2 Å². The zero-order chi connectivity index (χ0) is 24.3. The Bertz CT molecular complexity index is 696. The Morgan fingerprint density at radius 3 is 1.61 bits per heavy atom. The van der Waals surface area contributed by atoms with Crippen LogP contribution in [-0.2, 0) is 28.8 Å². The lowest BCUT2D eigenvalue weighted by molar-refractivity contribution is -0.143. The molecule has 0 radical (unpaired) electrons. The molecule has 0 heterocycles. The molecule has 0 aliphatic rings. The van der Waals surface area contributed by atoms with Crippen LogP contribution < -0.4 is 21.7 Å². The summed E-state index contributed by atoms with van der Waals surface area (Å²) < 4.78 is 0. The summed E-state index contributed by atoms with van der Waals surface area (Å²) in [5.41, 5.74) is 5.48. The van der Waals surface area contributed by atoms with E-state index in [1.165, 1.54) is 13.8 Å². The van der Waals surface area contributed by atoms with E-state index in [0.29, 0.717) is 0 Å². The summed E-state index contributed by atoms with van der Waals surface area (Å²) in [6.07, 6.45) is -2.98. The predicted octanol–water partition coefficient (Wildman–Crippen LogP) is -3.02. The second-order valence-corrected chi connectivity index (χ2v) is 6.82. The van der Waals surface area contributed by atoms with Gasteiger partial charge in [-0.05, 0) is 26.7 Å². The van der Waals surface area contributed by atoms with Crippen molar-refractivity contribution in [1.29, 1.82) is 0 Å². The maximum Gasteiger partial charge on any atom is 0.326 e. The number of carbonyl (C=O) groups excluding carboxylic acids is 3. The third-order valence-corrected chi connectivity index (χ3v) is 4.12. The molecule has 5 atom stereocenters. The molecule has 0 aliphatic carbocycles. The summed E-state index contributed by atoms with van der Waals surface area (Å²) in [7, 11) is 0. The number of carbonyl (C=O) groups is 6. The number of amides is 3. The Kier molecular flexibility index (Phi) is 11.7. The molecule has 0 fully saturated rings. The zero-order valence-corrected chi connectivity index (χ0v) is 17.0. The number of nitrogens with one attached hydrogen (secondary N) is 3. The van der Waals surface area contributed by atoms with E-state index in [0.717, 1.165) is 0 Å². The van der Waals surface area contributed by atoms with Crippen molar-refractivity contribution in [2.24, 2.45) is 5.73 Å². The maximum atomic E-state index is 12.4. The van der Waals surface area contributed by atoms with Gasteiger partial charge >= 0.3 is 17.9 Å². The second kappa shape index (κ2) is 13.1. The number of aliphatic hydroxyl groups is 1. The van der Waals surface area contributed by atoms with Crippen LogP contribution in [0.2, 0.25) is 0 Å². The van der Waals surface area contributed by atoms with E-state index < -0.39 is 78.7 Å². The van der Waals surface area contributed by atoms with E-state index >= 15 is 0 Å². The molecule has 176 valence electrons. The molecule has 3 amide bonds. The molecule has 0 aliphatic heterocycles. The van der Waals surface area contributed by atoms with Gasteiger partial charge < -0.3 is 42.1 Å². The van der Waals surface area contributed by atoms with Gasteiger partial charge in [0.15, 0.2) is 0 Å². The molecule has 0 aromatic rings. The van der Waals surface area contributed by atoms with Crippen molar-refractivity contribution in [1.82, 2.24) is 16.0 Å². The van der Waals surface area contributed by atoms with Gasteiger partial charge in [0.25, 0.3) is 0 Å². The number of hydrogen-bond acceptors (Lipinski definition) is 8. The minimum atomic E-state index is -1.51. The van der Waals surface area contributed by atoms with E-state index in [9.17, 15) is 33.9 Å². The maximum absolute atomic E-state index is 12.4. The highest BCUT2D eigenvalue weighted by Gasteiger charge is 2.29. The first-order valence-corrected chi connectivity index (χ1v) is 9.27. The Labute approximate surface area is 177 Å². The molecule has 14 heteroatoms. The highest BCUT2D eigenvalue weighted by atomic mass is 16.4. The van der Waals surface area contributed by atoms with Crippen molar-refractivity contribution in [2.45, 2.75) is 69.8 Å². The Balaban J connectivity index is 5.12. The molecule has 0 saturated heterocycles. The van der Waals surface area contributed by atoms with E-state index in [2.05, 4.69) is 16.0 Å². The fraction of sp³-hybridized carbons (Fsp3) is 0.647. The summed E-state index contributed by atoms with van der Waals surface area (Å²) in [6, 6.07) is -5.58. The standard InChI is InChI=1S/C17H28N4O10/c1-7(14(27)21-10(17(30)31)4-6-12(25)26)19-15(28)9(3-5-11(23)24)20-16(29)13(18)8(2)22/h7-10,13,22H,3-6,18H2,1-2H3,(H,19,28)(H,20,29)(H,21,27)(H,23,24)(H,25,26)(H,30,31). The van der Waals surface area contributed by atoms with Gasteiger partial charge in [0, 0.05) is 12.8 Å². The Hall–Kier alpha value is -3.26. The highest BCUT2D eigenvalue weighted by molar-refractivity contribution is 5.94. The first-order valence-electron chi connectivity index (χ1n) is 9.27. The van der Waals surface area contributed by atoms with Crippen LogP contribution in [0, 0.1) is 0 Å². The quantitative estimate of drug-likeness (QED) is 0.133. The lowest BCUT2D eigenvalue weighted by Crippen LogP contribution is -2.57. The van der Waals surface area contributed by atoms with E-state index in [4.69, 9.17) is 21.1 Å². The third-order valence-electron chi connectivity index (χ3n) is 4.12. The molecule has 0 bridgehead atoms. The molecule has 0 aromatic heterocycles. The van der Waals surface area contributed by atoms with Crippen molar-refractivity contribution in [3.63, 3.8) is 0 Å². The number of aliphatic carboxylic acids is 3. The van der Waals surface area contributed by atoms with Crippen LogP contribution in [-0.4, -0.2) is 86.3 Å². The number of hydrogen-bond donors (Lipinski definition) is 8. The highest BCUT2D eigenvalue weighted by Crippen LogP contribution is 2.03. The molecule has 9 N–H and O–H groups in total. The van der Waals surface area contributed by atoms with Crippen molar-refractivity contribution in [2.75, 3.05) is 0 Å². The number of aliphatic hydroxyl groups excluding tert-OH is 1. The summed E-state index contributed by atoms with van der Waals surface area (Å²) in [5, 5.41) is 42.4. The van der Waals surface area contributed by atoms with Gasteiger partial charge in [-0.1, -0.05) is 0 Å². The molecule has 5 unspecified atom stereocenters. The van der Waals surface area contributed by atoms with Gasteiger partial charge in [-0.15, -0.1) is 0 Å². The molecule has 0 aromatic carbocycles. The number of rotatable bonds is 14. The minimum Gasteiger partial charge on any atom is -0.481 e. The average molecular weight is 448 g/mol. The molecular formula is C17H28N4O10. The number of carboxylic acids is 3. The molecule has 31 heavy (non-hydrogen) atoms. The Morgan fingerprint density at radius 1 is 0.742 bits per heavy atom. The first kappa shape index (κ1) is 27.7. The normalized spacial score (nSPS) is 15.5. The molecular weight excluding hydrogens is 420 g/mol. The van der Waals surface area contributed by atoms with Crippen molar-refractivity contribution in [3.8, 4) is 0 Å². The summed E-state index contributed by atoms with van der Waals surface area (Å²) in [4.78, 5) is 69.2. The van der Waals surface area contributed by atoms with Gasteiger partial charge in [0.05, 0.1) is 6.10 Å². The fourth-order valence-electron chi connectivity index (χ4n) is 2.23. The first-order chi connectivity index (χ1) is 14.3. The van der Waals surface area contributed by atoms with Crippen molar-refractivity contribution >= 4 is 35.6 Å². The molecule has 0 spiro atoms. The molecule has 14 nitrogen and oxygen atoms in total. The van der Waals surface area contributed by atoms with Gasteiger partial charge in [-0.2, -0.15) is 0 Å². The van der Waals surface area contributed by atoms with Crippen LogP contribution in [0.1, 0.15) is 39.5 Å². The van der Waals surface area contributed by atoms with E-state index in [1.54, 1.807) is 0 Å². The third kappa shape index (κ3) is 10.9. The number of nitrogens with two attached hydrogens (primary N) is 1. The minimum absolute atomic E-state index is 0.343.